The molecule has 3 aromatic rings. The lowest BCUT2D eigenvalue weighted by Crippen LogP contribution is -2.10. The summed E-state index contributed by atoms with van der Waals surface area (Å²) < 4.78 is 40.1. The average Bonchev–Trinajstić information content (AvgIpc) is 2.74. The fourth-order valence-corrected chi connectivity index (χ4v) is 2.31. The zero-order valence-corrected chi connectivity index (χ0v) is 9.76. The second kappa shape index (κ2) is 3.65. The van der Waals surface area contributed by atoms with Gasteiger partial charge in [-0.2, -0.15) is 13.2 Å². The first kappa shape index (κ1) is 11.4. The van der Waals surface area contributed by atoms with Crippen molar-refractivity contribution in [1.29, 1.82) is 0 Å². The Balaban J connectivity index is 2.51. The molecule has 0 radical (unpaired) electrons. The standard InChI is InChI=1S/C13H7ClF3N/c14-9-3-4-10-8(6-9)7-12(13(15,16)17)18-5-1-2-11(10)18/h1-7H. The van der Waals surface area contributed by atoms with Gasteiger partial charge in [0.15, 0.2) is 0 Å². The minimum absolute atomic E-state index is 0.423. The number of aromatic nitrogens is 1. The van der Waals surface area contributed by atoms with Crippen molar-refractivity contribution in [3.8, 4) is 0 Å². The Hall–Kier alpha value is -1.68. The molecule has 0 aliphatic carbocycles. The molecule has 3 rings (SSSR count). The molecule has 0 bridgehead atoms. The average molecular weight is 270 g/mol. The number of halogens is 4. The zero-order valence-electron chi connectivity index (χ0n) is 9.00. The van der Waals surface area contributed by atoms with E-state index in [0.29, 0.717) is 15.9 Å². The van der Waals surface area contributed by atoms with Crippen molar-refractivity contribution >= 4 is 27.9 Å². The van der Waals surface area contributed by atoms with Crippen molar-refractivity contribution in [3.63, 3.8) is 0 Å². The molecule has 0 saturated heterocycles. The Morgan fingerprint density at radius 3 is 2.56 bits per heavy atom. The van der Waals surface area contributed by atoms with Crippen LogP contribution < -0.4 is 0 Å². The van der Waals surface area contributed by atoms with Crippen LogP contribution in [0.3, 0.4) is 0 Å². The summed E-state index contributed by atoms with van der Waals surface area (Å²) in [4.78, 5) is 0. The summed E-state index contributed by atoms with van der Waals surface area (Å²) in [6.45, 7) is 0. The summed E-state index contributed by atoms with van der Waals surface area (Å²) in [6, 6.07) is 9.31. The summed E-state index contributed by atoms with van der Waals surface area (Å²) >= 11 is 5.82. The molecule has 18 heavy (non-hydrogen) atoms. The first-order chi connectivity index (χ1) is 8.47. The van der Waals surface area contributed by atoms with E-state index in [-0.39, 0.29) is 0 Å². The van der Waals surface area contributed by atoms with E-state index in [0.717, 1.165) is 15.9 Å². The molecule has 1 nitrogen and oxygen atoms in total. The molecule has 5 heteroatoms. The van der Waals surface area contributed by atoms with Gasteiger partial charge in [-0.15, -0.1) is 0 Å². The largest absolute Gasteiger partial charge is 0.431 e. The van der Waals surface area contributed by atoms with Crippen LogP contribution in [0.2, 0.25) is 5.02 Å². The first-order valence-electron chi connectivity index (χ1n) is 5.23. The quantitative estimate of drug-likeness (QED) is 0.554. The molecular formula is C13H7ClF3N. The van der Waals surface area contributed by atoms with Crippen molar-refractivity contribution in [2.24, 2.45) is 0 Å². The van der Waals surface area contributed by atoms with Gasteiger partial charge in [-0.25, -0.2) is 0 Å². The molecule has 0 aliphatic rings. The van der Waals surface area contributed by atoms with Gasteiger partial charge >= 0.3 is 6.18 Å². The van der Waals surface area contributed by atoms with Gasteiger partial charge in [0.25, 0.3) is 0 Å². The number of rotatable bonds is 0. The molecule has 0 fully saturated rings. The minimum Gasteiger partial charge on any atom is -0.312 e. The number of fused-ring (bicyclic) bond motifs is 3. The van der Waals surface area contributed by atoms with Gasteiger partial charge in [0.05, 0.1) is 5.52 Å². The monoisotopic (exact) mass is 269 g/mol. The molecule has 1 aromatic carbocycles. The maximum Gasteiger partial charge on any atom is 0.431 e. The Bertz CT molecular complexity index is 743. The third kappa shape index (κ3) is 1.64. The third-order valence-electron chi connectivity index (χ3n) is 2.88. The number of pyridine rings is 1. The fourth-order valence-electron chi connectivity index (χ4n) is 2.13. The lowest BCUT2D eigenvalue weighted by molar-refractivity contribution is -0.141. The molecule has 0 aliphatic heterocycles. The number of nitrogens with zero attached hydrogens (tertiary/aromatic N) is 1. The second-order valence-corrected chi connectivity index (χ2v) is 4.46. The van der Waals surface area contributed by atoms with Gasteiger partial charge in [0, 0.05) is 16.6 Å². The summed E-state index contributed by atoms with van der Waals surface area (Å²) in [5.74, 6) is 0. The normalized spacial score (nSPS) is 12.4. The minimum atomic E-state index is -4.40. The molecule has 0 unspecified atom stereocenters. The van der Waals surface area contributed by atoms with Crippen molar-refractivity contribution in [2.45, 2.75) is 6.18 Å². The second-order valence-electron chi connectivity index (χ2n) is 4.02. The van der Waals surface area contributed by atoms with Crippen LogP contribution >= 0.6 is 11.6 Å². The summed E-state index contributed by atoms with van der Waals surface area (Å²) in [5, 5.41) is 1.66. The summed E-state index contributed by atoms with van der Waals surface area (Å²) in [5.41, 5.74) is -0.172. The van der Waals surface area contributed by atoms with Gasteiger partial charge in [0.2, 0.25) is 0 Å². The molecule has 0 amide bonds. The number of hydrogen-bond acceptors (Lipinski definition) is 0. The molecule has 2 aromatic heterocycles. The highest BCUT2D eigenvalue weighted by Gasteiger charge is 2.33. The van der Waals surface area contributed by atoms with E-state index in [2.05, 4.69) is 0 Å². The van der Waals surface area contributed by atoms with Crippen molar-refractivity contribution in [1.82, 2.24) is 4.40 Å². The number of benzene rings is 1. The Morgan fingerprint density at radius 1 is 1.06 bits per heavy atom. The zero-order chi connectivity index (χ0) is 12.9. The molecule has 0 saturated carbocycles. The van der Waals surface area contributed by atoms with Crippen molar-refractivity contribution in [3.05, 3.63) is 53.3 Å². The van der Waals surface area contributed by atoms with Crippen molar-refractivity contribution in [2.75, 3.05) is 0 Å². The van der Waals surface area contributed by atoms with Crippen LogP contribution in [0.15, 0.2) is 42.6 Å². The number of hydrogen-bond donors (Lipinski definition) is 0. The fraction of sp³-hybridized carbons (Fsp3) is 0.0769. The van der Waals surface area contributed by atoms with Crippen molar-refractivity contribution < 1.29 is 13.2 Å². The molecular weight excluding hydrogens is 263 g/mol. The highest BCUT2D eigenvalue weighted by atomic mass is 35.5. The van der Waals surface area contributed by atoms with E-state index >= 15 is 0 Å². The molecule has 92 valence electrons. The molecule has 0 N–H and O–H groups in total. The lowest BCUT2D eigenvalue weighted by atomic mass is 10.1. The highest BCUT2D eigenvalue weighted by molar-refractivity contribution is 6.31. The highest BCUT2D eigenvalue weighted by Crippen LogP contribution is 2.34. The Kier molecular flexibility index (Phi) is 2.32. The predicted octanol–water partition coefficient (Wildman–Crippen LogP) is 4.76. The van der Waals surface area contributed by atoms with E-state index in [1.807, 2.05) is 0 Å². The van der Waals surface area contributed by atoms with Gasteiger partial charge in [-0.3, -0.25) is 0 Å². The lowest BCUT2D eigenvalue weighted by Gasteiger charge is -2.12. The van der Waals surface area contributed by atoms with Crippen LogP contribution in [0.5, 0.6) is 0 Å². The maximum absolute atomic E-state index is 13.0. The Morgan fingerprint density at radius 2 is 1.83 bits per heavy atom. The van der Waals surface area contributed by atoms with Crippen LogP contribution in [0, 0.1) is 0 Å². The molecule has 2 heterocycles. The van der Waals surface area contributed by atoms with E-state index in [1.54, 1.807) is 30.3 Å². The summed E-state index contributed by atoms with van der Waals surface area (Å²) in [7, 11) is 0. The first-order valence-corrected chi connectivity index (χ1v) is 5.61. The van der Waals surface area contributed by atoms with Crippen LogP contribution in [-0.4, -0.2) is 4.40 Å². The van der Waals surface area contributed by atoms with Crippen LogP contribution in [0.4, 0.5) is 13.2 Å². The SMILES string of the molecule is FC(F)(F)c1cc2cc(Cl)ccc2c2cccn12. The van der Waals surface area contributed by atoms with Crippen LogP contribution in [0.25, 0.3) is 16.3 Å². The van der Waals surface area contributed by atoms with Gasteiger partial charge < -0.3 is 4.40 Å². The topological polar surface area (TPSA) is 4.41 Å². The van der Waals surface area contributed by atoms with Crippen LogP contribution in [-0.2, 0) is 6.18 Å². The third-order valence-corrected chi connectivity index (χ3v) is 3.12. The Labute approximate surface area is 105 Å². The van der Waals surface area contributed by atoms with Gasteiger partial charge in [-0.1, -0.05) is 17.7 Å². The van der Waals surface area contributed by atoms with E-state index < -0.39 is 11.9 Å². The van der Waals surface area contributed by atoms with E-state index in [4.69, 9.17) is 11.6 Å². The van der Waals surface area contributed by atoms with E-state index in [1.165, 1.54) is 6.20 Å². The van der Waals surface area contributed by atoms with Gasteiger partial charge in [-0.05, 0) is 35.7 Å². The van der Waals surface area contributed by atoms with Gasteiger partial charge in [0.1, 0.15) is 5.69 Å². The maximum atomic E-state index is 13.0. The van der Waals surface area contributed by atoms with E-state index in [9.17, 15) is 13.2 Å². The smallest absolute Gasteiger partial charge is 0.312 e. The number of alkyl halides is 3. The summed E-state index contributed by atoms with van der Waals surface area (Å²) in [6.07, 6.45) is -2.99. The molecule has 0 atom stereocenters. The predicted molar refractivity (Wildman–Crippen MR) is 64.9 cm³/mol. The molecule has 0 spiro atoms. The van der Waals surface area contributed by atoms with Crippen LogP contribution in [0.1, 0.15) is 5.69 Å².